The van der Waals surface area contributed by atoms with E-state index < -0.39 is 11.6 Å². The molecule has 2 heterocycles. The van der Waals surface area contributed by atoms with Gasteiger partial charge >= 0.3 is 0 Å². The number of aliphatic hydroxyl groups is 1. The molecule has 2 amide bonds. The van der Waals surface area contributed by atoms with E-state index in [2.05, 4.69) is 10.5 Å². The van der Waals surface area contributed by atoms with Crippen molar-refractivity contribution in [1.82, 2.24) is 15.4 Å². The van der Waals surface area contributed by atoms with Crippen LogP contribution in [0.15, 0.2) is 40.9 Å². The molecule has 1 fully saturated rings. The fourth-order valence-electron chi connectivity index (χ4n) is 3.67. The first-order valence-electron chi connectivity index (χ1n) is 9.18. The minimum atomic E-state index is -1.02. The quantitative estimate of drug-likeness (QED) is 0.807. The summed E-state index contributed by atoms with van der Waals surface area (Å²) in [6.07, 6.45) is 0.868. The van der Waals surface area contributed by atoms with Crippen LogP contribution in [0.1, 0.15) is 32.4 Å². The molecule has 7 nitrogen and oxygen atoms in total. The van der Waals surface area contributed by atoms with Crippen LogP contribution in [0.5, 0.6) is 0 Å². The van der Waals surface area contributed by atoms with E-state index in [0.717, 1.165) is 12.0 Å². The Bertz CT molecular complexity index is 803. The molecule has 1 aromatic carbocycles. The number of hydrogen-bond donors (Lipinski definition) is 2. The SMILES string of the molecule is CC(=O)N1CCCC1(Cc1cc(-c2ccccc2)no1)C(=O)NCC(C)O. The van der Waals surface area contributed by atoms with E-state index in [-0.39, 0.29) is 24.8 Å². The molecule has 0 bridgehead atoms. The van der Waals surface area contributed by atoms with Crippen molar-refractivity contribution in [2.24, 2.45) is 0 Å². The number of nitrogens with one attached hydrogen (secondary N) is 1. The second-order valence-electron chi connectivity index (χ2n) is 7.09. The molecule has 2 unspecified atom stereocenters. The number of likely N-dealkylation sites (tertiary alicyclic amines) is 1. The summed E-state index contributed by atoms with van der Waals surface area (Å²) in [5.74, 6) is 0.130. The molecule has 2 atom stereocenters. The lowest BCUT2D eigenvalue weighted by atomic mass is 9.89. The molecular weight excluding hydrogens is 346 g/mol. The third kappa shape index (κ3) is 4.03. The average molecular weight is 371 g/mol. The van der Waals surface area contributed by atoms with Crippen LogP contribution in [0.4, 0.5) is 0 Å². The standard InChI is InChI=1S/C20H25N3O4/c1-14(24)13-21-19(26)20(9-6-10-23(20)15(2)25)12-17-11-18(22-27-17)16-7-4-3-5-8-16/h3-5,7-8,11,14,24H,6,9-10,12-13H2,1-2H3,(H,21,26). The highest BCUT2D eigenvalue weighted by molar-refractivity contribution is 5.91. The van der Waals surface area contributed by atoms with E-state index in [9.17, 15) is 14.7 Å². The Balaban J connectivity index is 1.87. The van der Waals surface area contributed by atoms with Gasteiger partial charge in [-0.3, -0.25) is 9.59 Å². The van der Waals surface area contributed by atoms with Crippen molar-refractivity contribution in [2.45, 2.75) is 44.8 Å². The van der Waals surface area contributed by atoms with Gasteiger partial charge in [0, 0.05) is 38.1 Å². The van der Waals surface area contributed by atoms with Crippen LogP contribution >= 0.6 is 0 Å². The van der Waals surface area contributed by atoms with Crippen molar-refractivity contribution in [3.8, 4) is 11.3 Å². The van der Waals surface area contributed by atoms with Gasteiger partial charge in [-0.1, -0.05) is 35.5 Å². The van der Waals surface area contributed by atoms with E-state index in [1.54, 1.807) is 11.8 Å². The molecule has 0 saturated carbocycles. The minimum absolute atomic E-state index is 0.137. The normalized spacial score (nSPS) is 20.5. The van der Waals surface area contributed by atoms with Gasteiger partial charge in [0.25, 0.3) is 0 Å². The fraction of sp³-hybridized carbons (Fsp3) is 0.450. The average Bonchev–Trinajstić information content (AvgIpc) is 3.28. The third-order valence-corrected chi connectivity index (χ3v) is 4.94. The first-order chi connectivity index (χ1) is 12.9. The van der Waals surface area contributed by atoms with Gasteiger partial charge in [0.2, 0.25) is 11.8 Å². The lowest BCUT2D eigenvalue weighted by Crippen LogP contribution is -2.59. The lowest BCUT2D eigenvalue weighted by Gasteiger charge is -2.36. The van der Waals surface area contributed by atoms with Crippen LogP contribution < -0.4 is 5.32 Å². The molecule has 2 N–H and O–H groups in total. The van der Waals surface area contributed by atoms with Gasteiger partial charge in [0.05, 0.1) is 6.10 Å². The zero-order chi connectivity index (χ0) is 19.4. The zero-order valence-electron chi connectivity index (χ0n) is 15.6. The van der Waals surface area contributed by atoms with Crippen LogP contribution in [0.25, 0.3) is 11.3 Å². The van der Waals surface area contributed by atoms with E-state index in [1.807, 2.05) is 36.4 Å². The third-order valence-electron chi connectivity index (χ3n) is 4.94. The molecule has 1 aromatic heterocycles. The van der Waals surface area contributed by atoms with E-state index in [1.165, 1.54) is 6.92 Å². The Morgan fingerprint density at radius 1 is 1.37 bits per heavy atom. The minimum Gasteiger partial charge on any atom is -0.392 e. The molecule has 1 saturated heterocycles. The summed E-state index contributed by atoms with van der Waals surface area (Å²) in [5.41, 5.74) is 0.598. The largest absolute Gasteiger partial charge is 0.392 e. The number of carbonyl (C=O) groups excluding carboxylic acids is 2. The van der Waals surface area contributed by atoms with E-state index in [0.29, 0.717) is 24.4 Å². The summed E-state index contributed by atoms with van der Waals surface area (Å²) in [6.45, 7) is 3.74. The van der Waals surface area contributed by atoms with Gasteiger partial charge in [-0.25, -0.2) is 0 Å². The highest BCUT2D eigenvalue weighted by Crippen LogP contribution is 2.34. The maximum atomic E-state index is 13.0. The summed E-state index contributed by atoms with van der Waals surface area (Å²) in [5, 5.41) is 16.4. The molecule has 0 spiro atoms. The lowest BCUT2D eigenvalue weighted by molar-refractivity contribution is -0.144. The summed E-state index contributed by atoms with van der Waals surface area (Å²) in [4.78, 5) is 26.8. The van der Waals surface area contributed by atoms with Crippen molar-refractivity contribution < 1.29 is 19.2 Å². The molecule has 1 aliphatic heterocycles. The van der Waals surface area contributed by atoms with Crippen LogP contribution in [0.3, 0.4) is 0 Å². The number of amides is 2. The van der Waals surface area contributed by atoms with Crippen LogP contribution in [0, 0.1) is 0 Å². The topological polar surface area (TPSA) is 95.7 Å². The van der Waals surface area contributed by atoms with Crippen molar-refractivity contribution in [3.05, 3.63) is 42.2 Å². The van der Waals surface area contributed by atoms with Crippen molar-refractivity contribution in [1.29, 1.82) is 0 Å². The van der Waals surface area contributed by atoms with Gasteiger partial charge in [0.15, 0.2) is 0 Å². The Labute approximate surface area is 158 Å². The summed E-state index contributed by atoms with van der Waals surface area (Å²) in [6, 6.07) is 11.4. The molecule has 2 aromatic rings. The van der Waals surface area contributed by atoms with Crippen molar-refractivity contribution >= 4 is 11.8 Å². The second kappa shape index (κ2) is 7.92. The van der Waals surface area contributed by atoms with Gasteiger partial charge in [0.1, 0.15) is 17.0 Å². The van der Waals surface area contributed by atoms with E-state index >= 15 is 0 Å². The molecular formula is C20H25N3O4. The molecule has 3 rings (SSSR count). The Hall–Kier alpha value is -2.67. The molecule has 7 heteroatoms. The molecule has 144 valence electrons. The van der Waals surface area contributed by atoms with Crippen LogP contribution in [-0.2, 0) is 16.0 Å². The van der Waals surface area contributed by atoms with Crippen LogP contribution in [0.2, 0.25) is 0 Å². The van der Waals surface area contributed by atoms with Crippen molar-refractivity contribution in [2.75, 3.05) is 13.1 Å². The predicted octanol–water partition coefficient (Wildman–Crippen LogP) is 1.76. The maximum Gasteiger partial charge on any atom is 0.246 e. The van der Waals surface area contributed by atoms with Crippen LogP contribution in [-0.4, -0.2) is 51.7 Å². The van der Waals surface area contributed by atoms with E-state index in [4.69, 9.17) is 4.52 Å². The van der Waals surface area contributed by atoms with Crippen molar-refractivity contribution in [3.63, 3.8) is 0 Å². The Morgan fingerprint density at radius 3 is 2.78 bits per heavy atom. The summed E-state index contributed by atoms with van der Waals surface area (Å²) >= 11 is 0. The highest BCUT2D eigenvalue weighted by Gasteiger charge is 2.49. The fourth-order valence-corrected chi connectivity index (χ4v) is 3.67. The molecule has 0 radical (unpaired) electrons. The summed E-state index contributed by atoms with van der Waals surface area (Å²) in [7, 11) is 0. The zero-order valence-corrected chi connectivity index (χ0v) is 15.6. The first-order valence-corrected chi connectivity index (χ1v) is 9.18. The maximum absolute atomic E-state index is 13.0. The first kappa shape index (κ1) is 19.1. The number of nitrogens with zero attached hydrogens (tertiary/aromatic N) is 2. The highest BCUT2D eigenvalue weighted by atomic mass is 16.5. The Morgan fingerprint density at radius 2 is 2.11 bits per heavy atom. The van der Waals surface area contributed by atoms with Gasteiger partial charge in [-0.05, 0) is 19.8 Å². The number of benzene rings is 1. The molecule has 1 aliphatic rings. The number of rotatable bonds is 6. The monoisotopic (exact) mass is 371 g/mol. The number of aliphatic hydroxyl groups excluding tert-OH is 1. The molecule has 0 aliphatic carbocycles. The Kier molecular flexibility index (Phi) is 5.60. The predicted molar refractivity (Wildman–Crippen MR) is 99.7 cm³/mol. The number of carbonyl (C=O) groups is 2. The number of aromatic nitrogens is 1. The van der Waals surface area contributed by atoms with Gasteiger partial charge in [-0.15, -0.1) is 0 Å². The second-order valence-corrected chi connectivity index (χ2v) is 7.09. The summed E-state index contributed by atoms with van der Waals surface area (Å²) < 4.78 is 5.49. The number of hydrogen-bond acceptors (Lipinski definition) is 5. The van der Waals surface area contributed by atoms with Gasteiger partial charge < -0.3 is 19.8 Å². The molecule has 27 heavy (non-hydrogen) atoms. The smallest absolute Gasteiger partial charge is 0.246 e. The van der Waals surface area contributed by atoms with Gasteiger partial charge in [-0.2, -0.15) is 0 Å².